The fraction of sp³-hybridized carbons (Fsp3) is 0.375. The molecule has 1 aromatic rings. The molecule has 22 heavy (non-hydrogen) atoms. The van der Waals surface area contributed by atoms with Crippen LogP contribution in [0.15, 0.2) is 30.3 Å². The number of likely N-dealkylation sites (N-methyl/N-ethyl adjacent to an activating group) is 1. The van der Waals surface area contributed by atoms with Crippen LogP contribution in [0.3, 0.4) is 0 Å². The molecule has 0 radical (unpaired) electrons. The Morgan fingerprint density at radius 3 is 2.36 bits per heavy atom. The van der Waals surface area contributed by atoms with Gasteiger partial charge in [0.15, 0.2) is 0 Å². The minimum atomic E-state index is -4.38. The number of alkyl halides is 3. The molecule has 0 fully saturated rings. The topological polar surface area (TPSA) is 44.1 Å². The monoisotopic (exact) mass is 310 g/mol. The van der Waals surface area contributed by atoms with Gasteiger partial charge in [0.05, 0.1) is 18.1 Å². The van der Waals surface area contributed by atoms with E-state index < -0.39 is 11.7 Å². The third kappa shape index (κ3) is 4.62. The number of hydrogen-bond donors (Lipinski definition) is 0. The SMILES string of the molecule is C/C(=C/C(=O)N(C)C(C)CC#N)c1ccc(C(F)(F)F)cc1. The molecule has 0 aliphatic heterocycles. The van der Waals surface area contributed by atoms with Crippen LogP contribution < -0.4 is 0 Å². The van der Waals surface area contributed by atoms with E-state index >= 15 is 0 Å². The summed E-state index contributed by atoms with van der Waals surface area (Å²) in [5.41, 5.74) is 0.382. The number of hydrogen-bond acceptors (Lipinski definition) is 2. The molecule has 3 nitrogen and oxygen atoms in total. The van der Waals surface area contributed by atoms with Crippen molar-refractivity contribution in [2.24, 2.45) is 0 Å². The van der Waals surface area contributed by atoms with Crippen molar-refractivity contribution in [1.29, 1.82) is 5.26 Å². The second-order valence-electron chi connectivity index (χ2n) is 5.06. The molecular weight excluding hydrogens is 293 g/mol. The third-order valence-electron chi connectivity index (χ3n) is 3.40. The van der Waals surface area contributed by atoms with Gasteiger partial charge >= 0.3 is 6.18 Å². The van der Waals surface area contributed by atoms with Crippen LogP contribution in [-0.4, -0.2) is 23.9 Å². The van der Waals surface area contributed by atoms with Gasteiger partial charge in [0, 0.05) is 19.2 Å². The van der Waals surface area contributed by atoms with Crippen molar-refractivity contribution in [2.45, 2.75) is 32.5 Å². The molecule has 0 heterocycles. The van der Waals surface area contributed by atoms with Crippen molar-refractivity contribution in [1.82, 2.24) is 4.90 Å². The standard InChI is InChI=1S/C16H17F3N2O/c1-11(10-15(22)21(3)12(2)8-9-20)13-4-6-14(7-5-13)16(17,18)19/h4-7,10,12H,8H2,1-3H3/b11-10-. The molecule has 0 saturated heterocycles. The van der Waals surface area contributed by atoms with Crippen molar-refractivity contribution in [3.05, 3.63) is 41.5 Å². The number of benzene rings is 1. The molecule has 0 aliphatic carbocycles. The Morgan fingerprint density at radius 1 is 1.36 bits per heavy atom. The lowest BCUT2D eigenvalue weighted by atomic mass is 10.0. The molecule has 118 valence electrons. The van der Waals surface area contributed by atoms with Gasteiger partial charge in [0.1, 0.15) is 0 Å². The van der Waals surface area contributed by atoms with Crippen molar-refractivity contribution < 1.29 is 18.0 Å². The lowest BCUT2D eigenvalue weighted by molar-refractivity contribution is -0.137. The number of carbonyl (C=O) groups is 1. The highest BCUT2D eigenvalue weighted by Gasteiger charge is 2.29. The average molecular weight is 310 g/mol. The zero-order valence-corrected chi connectivity index (χ0v) is 12.6. The van der Waals surface area contributed by atoms with E-state index in [1.54, 1.807) is 20.9 Å². The van der Waals surface area contributed by atoms with Crippen LogP contribution in [0.25, 0.3) is 5.57 Å². The fourth-order valence-electron chi connectivity index (χ4n) is 1.78. The van der Waals surface area contributed by atoms with Crippen LogP contribution in [0.1, 0.15) is 31.4 Å². The molecule has 1 rings (SSSR count). The fourth-order valence-corrected chi connectivity index (χ4v) is 1.78. The summed E-state index contributed by atoms with van der Waals surface area (Å²) in [5, 5.41) is 8.62. The van der Waals surface area contributed by atoms with Gasteiger partial charge in [-0.2, -0.15) is 18.4 Å². The lowest BCUT2D eigenvalue weighted by Gasteiger charge is -2.21. The normalized spacial score (nSPS) is 13.4. The highest BCUT2D eigenvalue weighted by molar-refractivity contribution is 5.94. The second kappa shape index (κ2) is 7.12. The molecule has 6 heteroatoms. The Balaban J connectivity index is 2.89. The smallest absolute Gasteiger partial charge is 0.338 e. The molecule has 0 spiro atoms. The maximum Gasteiger partial charge on any atom is 0.416 e. The van der Waals surface area contributed by atoms with Crippen LogP contribution in [0.5, 0.6) is 0 Å². The molecule has 0 aromatic heterocycles. The van der Waals surface area contributed by atoms with Gasteiger partial charge in [-0.15, -0.1) is 0 Å². The molecule has 1 unspecified atom stereocenters. The summed E-state index contributed by atoms with van der Waals surface area (Å²) in [4.78, 5) is 13.5. The van der Waals surface area contributed by atoms with Gasteiger partial charge in [-0.3, -0.25) is 4.79 Å². The number of nitrogens with zero attached hydrogens (tertiary/aromatic N) is 2. The zero-order chi connectivity index (χ0) is 16.9. The first-order valence-corrected chi connectivity index (χ1v) is 6.66. The number of halogens is 3. The highest BCUT2D eigenvalue weighted by Crippen LogP contribution is 2.30. The van der Waals surface area contributed by atoms with Gasteiger partial charge in [0.25, 0.3) is 0 Å². The van der Waals surface area contributed by atoms with Gasteiger partial charge in [-0.1, -0.05) is 12.1 Å². The lowest BCUT2D eigenvalue weighted by Crippen LogP contribution is -2.33. The minimum absolute atomic E-state index is 0.218. The van der Waals surface area contributed by atoms with E-state index in [9.17, 15) is 18.0 Å². The van der Waals surface area contributed by atoms with E-state index in [-0.39, 0.29) is 18.4 Å². The first-order chi connectivity index (χ1) is 10.2. The van der Waals surface area contributed by atoms with Crippen LogP contribution in [0.2, 0.25) is 0 Å². The van der Waals surface area contributed by atoms with E-state index in [0.29, 0.717) is 11.1 Å². The van der Waals surface area contributed by atoms with E-state index in [1.165, 1.54) is 23.1 Å². The molecule has 1 amide bonds. The number of amides is 1. The average Bonchev–Trinajstić information content (AvgIpc) is 2.45. The van der Waals surface area contributed by atoms with E-state index in [4.69, 9.17) is 5.26 Å². The zero-order valence-electron chi connectivity index (χ0n) is 12.6. The van der Waals surface area contributed by atoms with Crippen molar-refractivity contribution >= 4 is 11.5 Å². The highest BCUT2D eigenvalue weighted by atomic mass is 19.4. The van der Waals surface area contributed by atoms with Crippen LogP contribution in [0.4, 0.5) is 13.2 Å². The quantitative estimate of drug-likeness (QED) is 0.792. The van der Waals surface area contributed by atoms with Crippen LogP contribution >= 0.6 is 0 Å². The summed E-state index contributed by atoms with van der Waals surface area (Å²) >= 11 is 0. The largest absolute Gasteiger partial charge is 0.416 e. The molecule has 1 aromatic carbocycles. The predicted molar refractivity (Wildman–Crippen MR) is 77.6 cm³/mol. The maximum atomic E-state index is 12.5. The molecule has 0 N–H and O–H groups in total. The summed E-state index contributed by atoms with van der Waals surface area (Å²) in [7, 11) is 1.58. The Kier molecular flexibility index (Phi) is 5.75. The Bertz CT molecular complexity index is 597. The molecular formula is C16H17F3N2O. The predicted octanol–water partition coefficient (Wildman–Crippen LogP) is 3.87. The first-order valence-electron chi connectivity index (χ1n) is 6.66. The van der Waals surface area contributed by atoms with Crippen LogP contribution in [0, 0.1) is 11.3 Å². The third-order valence-corrected chi connectivity index (χ3v) is 3.40. The number of nitriles is 1. The van der Waals surface area contributed by atoms with Gasteiger partial charge in [-0.25, -0.2) is 0 Å². The first kappa shape index (κ1) is 17.8. The van der Waals surface area contributed by atoms with E-state index in [0.717, 1.165) is 12.1 Å². The van der Waals surface area contributed by atoms with E-state index in [2.05, 4.69) is 0 Å². The minimum Gasteiger partial charge on any atom is -0.338 e. The van der Waals surface area contributed by atoms with Crippen LogP contribution in [-0.2, 0) is 11.0 Å². The molecule has 0 bridgehead atoms. The number of rotatable bonds is 4. The summed E-state index contributed by atoms with van der Waals surface area (Å²) in [6.45, 7) is 3.41. The Hall–Kier alpha value is -2.29. The summed E-state index contributed by atoms with van der Waals surface area (Å²) in [6, 6.07) is 6.40. The number of allylic oxidation sites excluding steroid dienone is 1. The van der Waals surface area contributed by atoms with Crippen molar-refractivity contribution in [3.8, 4) is 6.07 Å². The summed E-state index contributed by atoms with van der Waals surface area (Å²) in [6.07, 6.45) is -2.80. The van der Waals surface area contributed by atoms with Gasteiger partial charge in [-0.05, 0) is 37.1 Å². The Labute approximate surface area is 127 Å². The number of carbonyl (C=O) groups excluding carboxylic acids is 1. The Morgan fingerprint density at radius 2 is 1.91 bits per heavy atom. The summed E-state index contributed by atoms with van der Waals surface area (Å²) in [5.74, 6) is -0.292. The second-order valence-corrected chi connectivity index (χ2v) is 5.06. The maximum absolute atomic E-state index is 12.5. The summed E-state index contributed by atoms with van der Waals surface area (Å²) < 4.78 is 37.5. The van der Waals surface area contributed by atoms with E-state index in [1.807, 2.05) is 6.07 Å². The van der Waals surface area contributed by atoms with Gasteiger partial charge < -0.3 is 4.90 Å². The molecule has 0 saturated carbocycles. The van der Waals surface area contributed by atoms with Gasteiger partial charge in [0.2, 0.25) is 5.91 Å². The molecule has 0 aliphatic rings. The van der Waals surface area contributed by atoms with Crippen molar-refractivity contribution in [3.63, 3.8) is 0 Å². The molecule has 1 atom stereocenters. The van der Waals surface area contributed by atoms with Crippen molar-refractivity contribution in [2.75, 3.05) is 7.05 Å².